The molecule has 1 radical (unpaired) electrons. The van der Waals surface area contributed by atoms with E-state index in [9.17, 15) is 4.32 Å². The average Bonchev–Trinajstić information content (AvgIpc) is 1.41. The molecule has 0 heterocycles. The Kier molecular flexibility index (Phi) is 5.24. The van der Waals surface area contributed by atoms with Crippen LogP contribution in [0.4, 0.5) is 4.32 Å². The molecule has 29 valence electrons. The van der Waals surface area contributed by atoms with Crippen LogP contribution in [0.25, 0.3) is 0 Å². The third-order valence-corrected chi connectivity index (χ3v) is 0.280. The topological polar surface area (TPSA) is 18.5 Å². The Hall–Kier alpha value is 0.645. The summed E-state index contributed by atoms with van der Waals surface area (Å²) in [5.41, 5.74) is 0. The molecule has 0 spiro atoms. The third kappa shape index (κ3) is 4.64. The lowest BCUT2D eigenvalue weighted by Gasteiger charge is -1.78. The van der Waals surface area contributed by atoms with Gasteiger partial charge in [0.15, 0.2) is 23.0 Å². The van der Waals surface area contributed by atoms with Crippen molar-refractivity contribution in [3.63, 3.8) is 0 Å². The minimum atomic E-state index is -0.0492. The van der Waals surface area contributed by atoms with Gasteiger partial charge in [-0.2, -0.15) is 3.22 Å². The van der Waals surface area contributed by atoms with Crippen LogP contribution in [-0.2, 0) is 8.02 Å². The zero-order chi connectivity index (χ0) is 4.12. The van der Waals surface area contributed by atoms with Crippen LogP contribution in [0.2, 0.25) is 0 Å². The van der Waals surface area contributed by atoms with Crippen molar-refractivity contribution >= 4 is 30.8 Å². The van der Waals surface area contributed by atoms with E-state index in [1.807, 2.05) is 0 Å². The van der Waals surface area contributed by atoms with Crippen LogP contribution in [0.5, 0.6) is 0 Å². The molecule has 0 aliphatic rings. The van der Waals surface area contributed by atoms with Crippen LogP contribution in [0, 0.1) is 0 Å². The van der Waals surface area contributed by atoms with Crippen LogP contribution >= 0.6 is 23.0 Å². The van der Waals surface area contributed by atoms with E-state index in [4.69, 9.17) is 0 Å². The summed E-state index contributed by atoms with van der Waals surface area (Å²) in [5.74, 6) is 0. The first-order chi connectivity index (χ1) is 2.41. The normalized spacial score (nSPS) is 7.60. The molecule has 5 heavy (non-hydrogen) atoms. The van der Waals surface area contributed by atoms with Crippen LogP contribution in [0.1, 0.15) is 0 Å². The average molecular weight is 189 g/mol. The Balaban J connectivity index is 2.19. The summed E-state index contributed by atoms with van der Waals surface area (Å²) >= 11 is 1.39. The highest BCUT2D eigenvalue weighted by Crippen LogP contribution is 1.82. The lowest BCUT2D eigenvalue weighted by Crippen LogP contribution is -1.81. The SMILES string of the molecule is F[B]OOI. The second kappa shape index (κ2) is 4.64. The predicted octanol–water partition coefficient (Wildman–Crippen LogP) is 0.788. The van der Waals surface area contributed by atoms with E-state index in [1.54, 1.807) is 0 Å². The molecule has 0 bridgehead atoms. The summed E-state index contributed by atoms with van der Waals surface area (Å²) in [6.45, 7) is 0. The van der Waals surface area contributed by atoms with Gasteiger partial charge in [-0.05, 0) is 0 Å². The maximum atomic E-state index is 10.5. The third-order valence-electron chi connectivity index (χ3n) is 0.0727. The zero-order valence-corrected chi connectivity index (χ0v) is 4.31. The van der Waals surface area contributed by atoms with Crippen LogP contribution in [0.15, 0.2) is 0 Å². The van der Waals surface area contributed by atoms with Gasteiger partial charge in [0.25, 0.3) is 0 Å². The molecule has 0 fully saturated rings. The van der Waals surface area contributed by atoms with Gasteiger partial charge >= 0.3 is 7.76 Å². The highest BCUT2D eigenvalue weighted by molar-refractivity contribution is 14.1. The molecule has 0 aromatic heterocycles. The van der Waals surface area contributed by atoms with Crippen molar-refractivity contribution in [3.8, 4) is 0 Å². The van der Waals surface area contributed by atoms with Gasteiger partial charge < -0.3 is 0 Å². The molecule has 0 rings (SSSR count). The molecule has 0 N–H and O–H groups in total. The largest absolute Gasteiger partial charge is 0.569 e. The van der Waals surface area contributed by atoms with Crippen molar-refractivity contribution in [2.75, 3.05) is 0 Å². The number of rotatable bonds is 2. The number of hydrogen-bond acceptors (Lipinski definition) is 2. The van der Waals surface area contributed by atoms with E-state index in [-0.39, 0.29) is 7.76 Å². The van der Waals surface area contributed by atoms with Crippen LogP contribution < -0.4 is 0 Å². The van der Waals surface area contributed by atoms with E-state index in [1.165, 1.54) is 23.0 Å². The van der Waals surface area contributed by atoms with Crippen molar-refractivity contribution in [1.82, 2.24) is 0 Å². The van der Waals surface area contributed by atoms with Gasteiger partial charge in [0, 0.05) is 0 Å². The quantitative estimate of drug-likeness (QED) is 0.276. The molecule has 0 aliphatic carbocycles. The Labute approximate surface area is 43.6 Å². The Morgan fingerprint density at radius 3 is 2.40 bits per heavy atom. The van der Waals surface area contributed by atoms with Crippen molar-refractivity contribution in [1.29, 1.82) is 0 Å². The zero-order valence-electron chi connectivity index (χ0n) is 2.15. The number of hydrogen-bond donors (Lipinski definition) is 0. The molecule has 0 atom stereocenters. The standard InChI is InChI=1S/BFIO2/c2-1-4-5-3. The van der Waals surface area contributed by atoms with Gasteiger partial charge in [0.05, 0.1) is 0 Å². The fraction of sp³-hybridized carbons (Fsp3) is 0. The molecular weight excluding hydrogens is 189 g/mol. The molecule has 0 amide bonds. The maximum Gasteiger partial charge on any atom is 0.569 e. The van der Waals surface area contributed by atoms with E-state index in [0.717, 1.165) is 0 Å². The summed E-state index contributed by atoms with van der Waals surface area (Å²) in [5, 5.41) is 0. The van der Waals surface area contributed by atoms with E-state index >= 15 is 0 Å². The molecule has 0 saturated heterocycles. The van der Waals surface area contributed by atoms with E-state index in [0.29, 0.717) is 0 Å². The second-order valence-electron chi connectivity index (χ2n) is 0.248. The van der Waals surface area contributed by atoms with E-state index < -0.39 is 0 Å². The number of halogens is 2. The highest BCUT2D eigenvalue weighted by atomic mass is 127. The molecular formula is BFIO2. The molecule has 0 aromatic rings. The molecule has 2 nitrogen and oxygen atoms in total. The molecule has 0 saturated carbocycles. The van der Waals surface area contributed by atoms with Crippen LogP contribution in [-0.4, -0.2) is 7.76 Å². The lowest BCUT2D eigenvalue weighted by molar-refractivity contribution is -0.0535. The molecule has 0 unspecified atom stereocenters. The van der Waals surface area contributed by atoms with Gasteiger partial charge in [-0.3, -0.25) is 9.12 Å². The van der Waals surface area contributed by atoms with Crippen LogP contribution in [0.3, 0.4) is 0 Å². The first-order valence-corrected chi connectivity index (χ1v) is 1.66. The second-order valence-corrected chi connectivity index (χ2v) is 0.608. The fourth-order valence-electron chi connectivity index (χ4n) is 0.0137. The van der Waals surface area contributed by atoms with Gasteiger partial charge in [0.1, 0.15) is 0 Å². The molecule has 0 aliphatic heterocycles. The first kappa shape index (κ1) is 5.64. The lowest BCUT2D eigenvalue weighted by atomic mass is 10.5. The summed E-state index contributed by atoms with van der Waals surface area (Å²) in [7, 11) is -0.0492. The smallest absolute Gasteiger partial charge is 0.292 e. The Morgan fingerprint density at radius 1 is 1.80 bits per heavy atom. The van der Waals surface area contributed by atoms with Crippen molar-refractivity contribution in [2.45, 2.75) is 0 Å². The minimum Gasteiger partial charge on any atom is -0.292 e. The molecule has 0 aromatic carbocycles. The van der Waals surface area contributed by atoms with E-state index in [2.05, 4.69) is 8.02 Å². The Bertz CT molecular complexity index is 17.1. The Morgan fingerprint density at radius 2 is 2.40 bits per heavy atom. The highest BCUT2D eigenvalue weighted by Gasteiger charge is 1.80. The monoisotopic (exact) mass is 189 g/mol. The maximum absolute atomic E-state index is 10.5. The summed E-state index contributed by atoms with van der Waals surface area (Å²) in [6, 6.07) is 0. The predicted molar refractivity (Wildman–Crippen MR) is 23.1 cm³/mol. The van der Waals surface area contributed by atoms with Gasteiger partial charge in [-0.25, -0.2) is 0 Å². The fourth-order valence-corrected chi connectivity index (χ4v) is 0.0922. The summed E-state index contributed by atoms with van der Waals surface area (Å²) < 4.78 is 14.2. The van der Waals surface area contributed by atoms with Crippen molar-refractivity contribution in [2.24, 2.45) is 0 Å². The van der Waals surface area contributed by atoms with Crippen molar-refractivity contribution in [3.05, 3.63) is 0 Å². The van der Waals surface area contributed by atoms with Gasteiger partial charge in [-0.15, -0.1) is 0 Å². The molecule has 5 heteroatoms. The van der Waals surface area contributed by atoms with Crippen molar-refractivity contribution < 1.29 is 12.3 Å². The summed E-state index contributed by atoms with van der Waals surface area (Å²) in [4.78, 5) is 3.53. The van der Waals surface area contributed by atoms with Gasteiger partial charge in [0.2, 0.25) is 0 Å². The minimum absolute atomic E-state index is 0.0492. The first-order valence-electron chi connectivity index (χ1n) is 0.775. The van der Waals surface area contributed by atoms with Gasteiger partial charge in [-0.1, -0.05) is 0 Å². The summed E-state index contributed by atoms with van der Waals surface area (Å²) in [6.07, 6.45) is 0.